The van der Waals surface area contributed by atoms with Crippen molar-refractivity contribution >= 4 is 5.78 Å². The van der Waals surface area contributed by atoms with E-state index in [0.717, 1.165) is 30.4 Å². The molecule has 4 nitrogen and oxygen atoms in total. The molecule has 0 amide bonds. The molecule has 0 spiro atoms. The summed E-state index contributed by atoms with van der Waals surface area (Å²) in [5, 5.41) is 23.0. The Kier molecular flexibility index (Phi) is 3.66. The number of fused-ring (bicyclic) bond motifs is 5. The minimum absolute atomic E-state index is 0.0104. The van der Waals surface area contributed by atoms with Crippen LogP contribution in [-0.2, 0) is 9.53 Å². The molecule has 4 rings (SSSR count). The Hall–Kier alpha value is -0.710. The maximum absolute atomic E-state index is 13.5. The highest BCUT2D eigenvalue weighted by molar-refractivity contribution is 5.92. The summed E-state index contributed by atoms with van der Waals surface area (Å²) in [7, 11) is 0. The van der Waals surface area contributed by atoms with Crippen LogP contribution in [0.3, 0.4) is 0 Å². The molecule has 3 aliphatic carbocycles. The van der Waals surface area contributed by atoms with Crippen LogP contribution in [0.25, 0.3) is 0 Å². The minimum atomic E-state index is -1.10. The van der Waals surface area contributed by atoms with Crippen molar-refractivity contribution in [2.45, 2.75) is 78.1 Å². The predicted molar refractivity (Wildman–Crippen MR) is 94.9 cm³/mol. The van der Waals surface area contributed by atoms with E-state index in [1.54, 1.807) is 0 Å². The van der Waals surface area contributed by atoms with Crippen molar-refractivity contribution in [2.75, 3.05) is 6.61 Å². The van der Waals surface area contributed by atoms with Crippen LogP contribution in [0.1, 0.15) is 60.3 Å². The molecule has 25 heavy (non-hydrogen) atoms. The number of aliphatic hydroxyl groups is 2. The van der Waals surface area contributed by atoms with Crippen LogP contribution in [-0.4, -0.2) is 40.4 Å². The van der Waals surface area contributed by atoms with Crippen LogP contribution in [0.4, 0.5) is 0 Å². The highest BCUT2D eigenvalue weighted by Gasteiger charge is 2.66. The van der Waals surface area contributed by atoms with Crippen molar-refractivity contribution in [1.29, 1.82) is 0 Å². The highest BCUT2D eigenvalue weighted by atomic mass is 16.5. The largest absolute Gasteiger partial charge is 0.389 e. The maximum Gasteiger partial charge on any atom is 0.171 e. The van der Waals surface area contributed by atoms with Gasteiger partial charge in [0.15, 0.2) is 5.78 Å². The average Bonchev–Trinajstić information content (AvgIpc) is 2.51. The van der Waals surface area contributed by atoms with Crippen LogP contribution in [0.2, 0.25) is 0 Å². The lowest BCUT2D eigenvalue weighted by Gasteiger charge is -2.63. The first-order valence-electron chi connectivity index (χ1n) is 9.82. The Morgan fingerprint density at radius 1 is 1.20 bits per heavy atom. The molecule has 4 heteroatoms. The van der Waals surface area contributed by atoms with Crippen LogP contribution in [0.15, 0.2) is 11.1 Å². The first kappa shape index (κ1) is 17.7. The first-order chi connectivity index (χ1) is 11.6. The maximum atomic E-state index is 13.5. The molecule has 0 radical (unpaired) electrons. The number of ether oxygens (including phenoxy) is 1. The molecule has 2 bridgehead atoms. The molecule has 140 valence electrons. The Balaban J connectivity index is 1.93. The molecule has 1 heterocycles. The van der Waals surface area contributed by atoms with Crippen molar-refractivity contribution in [2.24, 2.45) is 28.6 Å². The van der Waals surface area contributed by atoms with Crippen LogP contribution < -0.4 is 0 Å². The van der Waals surface area contributed by atoms with Crippen LogP contribution >= 0.6 is 0 Å². The van der Waals surface area contributed by atoms with E-state index in [0.29, 0.717) is 18.9 Å². The van der Waals surface area contributed by atoms with E-state index in [-0.39, 0.29) is 23.7 Å². The third kappa shape index (κ3) is 1.97. The number of Topliss-reactive ketones (excluding diaryl/α,β-unsaturated/α-hetero) is 1. The molecular weight excluding hydrogens is 316 g/mol. The number of carbonyl (C=O) groups excluding carboxylic acids is 1. The van der Waals surface area contributed by atoms with Gasteiger partial charge in [-0.25, -0.2) is 0 Å². The third-order valence-electron chi connectivity index (χ3n) is 8.60. The number of hydrogen-bond acceptors (Lipinski definition) is 4. The molecule has 2 N–H and O–H groups in total. The number of carbonyl (C=O) groups is 1. The smallest absolute Gasteiger partial charge is 0.171 e. The molecule has 1 aliphatic heterocycles. The molecule has 7 atom stereocenters. The summed E-state index contributed by atoms with van der Waals surface area (Å²) in [6.07, 6.45) is 2.18. The first-order valence-corrected chi connectivity index (χ1v) is 9.82. The van der Waals surface area contributed by atoms with E-state index in [9.17, 15) is 15.0 Å². The average molecular weight is 348 g/mol. The van der Waals surface area contributed by atoms with Crippen molar-refractivity contribution in [3.05, 3.63) is 11.1 Å². The molecular formula is C21H32O4. The van der Waals surface area contributed by atoms with Gasteiger partial charge in [-0.1, -0.05) is 33.3 Å². The van der Waals surface area contributed by atoms with Crippen molar-refractivity contribution in [3.8, 4) is 0 Å². The number of hydrogen-bond donors (Lipinski definition) is 2. The summed E-state index contributed by atoms with van der Waals surface area (Å²) >= 11 is 0. The lowest BCUT2D eigenvalue weighted by Crippen LogP contribution is -2.68. The zero-order valence-corrected chi connectivity index (χ0v) is 16.1. The fraction of sp³-hybridized carbons (Fsp3) is 0.857. The molecule has 0 aromatic carbocycles. The summed E-state index contributed by atoms with van der Waals surface area (Å²) in [4.78, 5) is 13.5. The highest BCUT2D eigenvalue weighted by Crippen LogP contribution is 2.63. The van der Waals surface area contributed by atoms with E-state index in [1.165, 1.54) is 0 Å². The number of rotatable bonds is 0. The molecule has 2 saturated carbocycles. The van der Waals surface area contributed by atoms with E-state index in [4.69, 9.17) is 4.74 Å². The Bertz CT molecular complexity index is 650. The fourth-order valence-electron chi connectivity index (χ4n) is 6.97. The Morgan fingerprint density at radius 2 is 1.88 bits per heavy atom. The molecule has 3 fully saturated rings. The summed E-state index contributed by atoms with van der Waals surface area (Å²) in [6.45, 7) is 10.9. The standard InChI is InChI=1S/C21H32O4/c1-11-6-9-21(24)12(2)16-13-10-25-14(13)7-8-20(16,5)18(23)17(22)15(11)19(21,3)4/h12-14,16-17,22,24H,6-10H2,1-5H3/t12?,13?,14?,16?,17?,20-,21-/m1/s1. The van der Waals surface area contributed by atoms with Crippen molar-refractivity contribution in [3.63, 3.8) is 0 Å². The molecule has 1 saturated heterocycles. The van der Waals surface area contributed by atoms with Gasteiger partial charge < -0.3 is 14.9 Å². The van der Waals surface area contributed by atoms with Gasteiger partial charge in [-0.15, -0.1) is 0 Å². The minimum Gasteiger partial charge on any atom is -0.389 e. The predicted octanol–water partition coefficient (Wildman–Crippen LogP) is 2.87. The molecule has 0 aromatic heterocycles. The zero-order chi connectivity index (χ0) is 18.4. The normalized spacial score (nSPS) is 51.8. The molecule has 5 unspecified atom stereocenters. The monoisotopic (exact) mass is 348 g/mol. The van der Waals surface area contributed by atoms with E-state index in [2.05, 4.69) is 6.92 Å². The number of allylic oxidation sites excluding steroid dienone is 1. The SMILES string of the molecule is CC1=C2C(O)C(=O)[C@]3(C)CCC4OCC4C3C(C)[C@](O)(CC1)C2(C)C. The lowest BCUT2D eigenvalue weighted by atomic mass is 9.44. The molecule has 0 aromatic rings. The number of aliphatic hydroxyl groups excluding tert-OH is 1. The van der Waals surface area contributed by atoms with Gasteiger partial charge in [-0.3, -0.25) is 4.79 Å². The topological polar surface area (TPSA) is 66.8 Å². The van der Waals surface area contributed by atoms with Gasteiger partial charge in [-0.05, 0) is 50.0 Å². The van der Waals surface area contributed by atoms with Gasteiger partial charge in [0.1, 0.15) is 6.10 Å². The summed E-state index contributed by atoms with van der Waals surface area (Å²) in [6, 6.07) is 0. The van der Waals surface area contributed by atoms with Gasteiger partial charge in [0, 0.05) is 16.7 Å². The van der Waals surface area contributed by atoms with Gasteiger partial charge in [0.25, 0.3) is 0 Å². The van der Waals surface area contributed by atoms with Crippen LogP contribution in [0.5, 0.6) is 0 Å². The quantitative estimate of drug-likeness (QED) is 0.661. The van der Waals surface area contributed by atoms with Crippen molar-refractivity contribution < 1.29 is 19.7 Å². The van der Waals surface area contributed by atoms with Gasteiger partial charge in [-0.2, -0.15) is 0 Å². The van der Waals surface area contributed by atoms with Crippen molar-refractivity contribution in [1.82, 2.24) is 0 Å². The second kappa shape index (κ2) is 5.17. The van der Waals surface area contributed by atoms with E-state index < -0.39 is 22.5 Å². The second-order valence-electron chi connectivity index (χ2n) is 9.82. The molecule has 4 aliphatic rings. The Labute approximate surface area is 150 Å². The summed E-state index contributed by atoms with van der Waals surface area (Å²) in [5.41, 5.74) is -0.262. The van der Waals surface area contributed by atoms with E-state index in [1.807, 2.05) is 27.7 Å². The fourth-order valence-corrected chi connectivity index (χ4v) is 6.97. The number of ketones is 1. The Morgan fingerprint density at radius 3 is 2.48 bits per heavy atom. The lowest BCUT2D eigenvalue weighted by molar-refractivity contribution is -0.235. The summed E-state index contributed by atoms with van der Waals surface area (Å²) in [5.74, 6) is 0.328. The van der Waals surface area contributed by atoms with Gasteiger partial charge in [0.05, 0.1) is 18.3 Å². The third-order valence-corrected chi connectivity index (χ3v) is 8.60. The van der Waals surface area contributed by atoms with E-state index >= 15 is 0 Å². The second-order valence-corrected chi connectivity index (χ2v) is 9.82. The van der Waals surface area contributed by atoms with Gasteiger partial charge >= 0.3 is 0 Å². The van der Waals surface area contributed by atoms with Crippen LogP contribution in [0, 0.1) is 28.6 Å². The van der Waals surface area contributed by atoms with Gasteiger partial charge in [0.2, 0.25) is 0 Å². The summed E-state index contributed by atoms with van der Waals surface area (Å²) < 4.78 is 5.75. The zero-order valence-electron chi connectivity index (χ0n) is 16.1.